The number of benzene rings is 2. The van der Waals surface area contributed by atoms with E-state index in [1.165, 1.54) is 12.8 Å². The fraction of sp³-hybridized carbons (Fsp3) is 0.350. The van der Waals surface area contributed by atoms with Crippen LogP contribution in [0, 0.1) is 0 Å². The molecule has 24 heavy (non-hydrogen) atoms. The fourth-order valence-electron chi connectivity index (χ4n) is 3.27. The van der Waals surface area contributed by atoms with E-state index in [2.05, 4.69) is 36.9 Å². The third-order valence-corrected chi connectivity index (χ3v) is 4.28. The fourth-order valence-corrected chi connectivity index (χ4v) is 3.27. The number of hydrogen-bond acceptors (Lipinski definition) is 4. The van der Waals surface area contributed by atoms with Crippen molar-refractivity contribution in [3.63, 3.8) is 0 Å². The molecule has 0 bridgehead atoms. The lowest BCUT2D eigenvalue weighted by Gasteiger charge is -2.37. The van der Waals surface area contributed by atoms with Gasteiger partial charge in [-0.1, -0.05) is 30.3 Å². The molecule has 1 aliphatic rings. The van der Waals surface area contributed by atoms with Gasteiger partial charge in [-0.3, -0.25) is 0 Å². The van der Waals surface area contributed by atoms with Gasteiger partial charge in [0.15, 0.2) is 0 Å². The largest absolute Gasteiger partial charge is 0.465 e. The van der Waals surface area contributed by atoms with Crippen LogP contribution >= 0.6 is 0 Å². The molecule has 1 aliphatic heterocycles. The minimum absolute atomic E-state index is 0.212. The van der Waals surface area contributed by atoms with E-state index >= 15 is 0 Å². The molecule has 2 aromatic carbocycles. The number of methoxy groups -OCH3 is 1. The summed E-state index contributed by atoms with van der Waals surface area (Å²) >= 11 is 0. The van der Waals surface area contributed by atoms with Crippen LogP contribution in [-0.2, 0) is 9.47 Å². The van der Waals surface area contributed by atoms with Gasteiger partial charge in [0, 0.05) is 24.3 Å². The van der Waals surface area contributed by atoms with E-state index in [0.29, 0.717) is 5.56 Å². The highest BCUT2D eigenvalue weighted by molar-refractivity contribution is 5.90. The van der Waals surface area contributed by atoms with Crippen LogP contribution in [0.4, 0.5) is 5.69 Å². The van der Waals surface area contributed by atoms with Gasteiger partial charge < -0.3 is 14.4 Å². The van der Waals surface area contributed by atoms with Gasteiger partial charge in [0.25, 0.3) is 0 Å². The van der Waals surface area contributed by atoms with Crippen LogP contribution in [-0.4, -0.2) is 38.4 Å². The Hall–Kier alpha value is -2.33. The molecule has 1 saturated heterocycles. The maximum absolute atomic E-state index is 11.6. The summed E-state index contributed by atoms with van der Waals surface area (Å²) in [6.45, 7) is 5.97. The van der Waals surface area contributed by atoms with Crippen LogP contribution < -0.4 is 4.90 Å². The van der Waals surface area contributed by atoms with Crippen LogP contribution in [0.1, 0.15) is 24.2 Å². The maximum atomic E-state index is 11.6. The first-order chi connectivity index (χ1) is 11.6. The van der Waals surface area contributed by atoms with E-state index < -0.39 is 0 Å². The number of para-hydroxylation sites is 1. The monoisotopic (exact) mass is 325 g/mol. The Morgan fingerprint density at radius 1 is 1.04 bits per heavy atom. The summed E-state index contributed by atoms with van der Waals surface area (Å²) in [6, 6.07) is 15.9. The number of esters is 1. The number of morpholine rings is 1. The van der Waals surface area contributed by atoms with Crippen molar-refractivity contribution in [2.75, 3.05) is 25.1 Å². The molecular weight excluding hydrogens is 302 g/mol. The van der Waals surface area contributed by atoms with Crippen molar-refractivity contribution in [2.24, 2.45) is 0 Å². The third kappa shape index (κ3) is 3.44. The molecule has 0 radical (unpaired) electrons. The zero-order chi connectivity index (χ0) is 17.1. The normalized spacial score (nSPS) is 20.7. The number of nitrogens with zero attached hydrogens (tertiary/aromatic N) is 1. The molecule has 0 saturated carbocycles. The zero-order valence-corrected chi connectivity index (χ0v) is 14.4. The van der Waals surface area contributed by atoms with Gasteiger partial charge in [-0.05, 0) is 37.6 Å². The molecule has 1 fully saturated rings. The van der Waals surface area contributed by atoms with Crippen LogP contribution in [0.2, 0.25) is 0 Å². The second kappa shape index (κ2) is 7.05. The molecule has 0 spiro atoms. The van der Waals surface area contributed by atoms with Gasteiger partial charge in [-0.2, -0.15) is 0 Å². The van der Waals surface area contributed by atoms with Gasteiger partial charge in [-0.25, -0.2) is 4.79 Å². The molecule has 3 rings (SSSR count). The number of carbonyl (C=O) groups is 1. The van der Waals surface area contributed by atoms with E-state index in [1.54, 1.807) is 0 Å². The predicted molar refractivity (Wildman–Crippen MR) is 95.4 cm³/mol. The lowest BCUT2D eigenvalue weighted by atomic mass is 10.0. The molecular formula is C20H23NO3. The van der Waals surface area contributed by atoms with Gasteiger partial charge in [-0.15, -0.1) is 0 Å². The average molecular weight is 325 g/mol. The number of ether oxygens (including phenoxy) is 2. The van der Waals surface area contributed by atoms with Crippen molar-refractivity contribution in [1.82, 2.24) is 0 Å². The van der Waals surface area contributed by atoms with Crippen molar-refractivity contribution in [3.8, 4) is 11.1 Å². The molecule has 4 heteroatoms. The summed E-state index contributed by atoms with van der Waals surface area (Å²) in [5.74, 6) is -0.314. The summed E-state index contributed by atoms with van der Waals surface area (Å²) in [6.07, 6.45) is 0.423. The standard InChI is InChI=1S/C20H23NO3/c1-14-12-21(13-15(2)24-14)19-7-5-4-6-18(19)16-8-10-17(11-9-16)20(22)23-3/h4-11,14-15H,12-13H2,1-3H3. The lowest BCUT2D eigenvalue weighted by Crippen LogP contribution is -2.45. The van der Waals surface area contributed by atoms with Gasteiger partial charge in [0.1, 0.15) is 0 Å². The Kier molecular flexibility index (Phi) is 4.86. The minimum Gasteiger partial charge on any atom is -0.465 e. The summed E-state index contributed by atoms with van der Waals surface area (Å²) in [5, 5.41) is 0. The zero-order valence-electron chi connectivity index (χ0n) is 14.4. The minimum atomic E-state index is -0.314. The van der Waals surface area contributed by atoms with Crippen molar-refractivity contribution in [3.05, 3.63) is 54.1 Å². The summed E-state index contributed by atoms with van der Waals surface area (Å²) < 4.78 is 10.6. The molecule has 2 unspecified atom stereocenters. The van der Waals surface area contributed by atoms with Crippen molar-refractivity contribution in [2.45, 2.75) is 26.1 Å². The van der Waals surface area contributed by atoms with E-state index in [0.717, 1.165) is 24.2 Å². The van der Waals surface area contributed by atoms with E-state index in [-0.39, 0.29) is 18.2 Å². The van der Waals surface area contributed by atoms with Gasteiger partial charge >= 0.3 is 5.97 Å². The highest BCUT2D eigenvalue weighted by Gasteiger charge is 2.24. The smallest absolute Gasteiger partial charge is 0.337 e. The Labute approximate surface area is 143 Å². The number of hydrogen-bond donors (Lipinski definition) is 0. The summed E-state index contributed by atoms with van der Waals surface area (Å²) in [7, 11) is 1.40. The van der Waals surface area contributed by atoms with Crippen LogP contribution in [0.25, 0.3) is 11.1 Å². The van der Waals surface area contributed by atoms with E-state index in [4.69, 9.17) is 9.47 Å². The summed E-state index contributed by atoms with van der Waals surface area (Å²) in [5.41, 5.74) is 4.01. The quantitative estimate of drug-likeness (QED) is 0.806. The van der Waals surface area contributed by atoms with Crippen molar-refractivity contribution < 1.29 is 14.3 Å². The topological polar surface area (TPSA) is 38.8 Å². The Morgan fingerprint density at radius 2 is 1.67 bits per heavy atom. The third-order valence-electron chi connectivity index (χ3n) is 4.28. The molecule has 4 nitrogen and oxygen atoms in total. The molecule has 0 aliphatic carbocycles. The molecule has 0 aromatic heterocycles. The molecule has 126 valence electrons. The van der Waals surface area contributed by atoms with Crippen molar-refractivity contribution in [1.29, 1.82) is 0 Å². The highest BCUT2D eigenvalue weighted by Crippen LogP contribution is 2.32. The van der Waals surface area contributed by atoms with Crippen LogP contribution in [0.3, 0.4) is 0 Å². The number of anilines is 1. The van der Waals surface area contributed by atoms with E-state index in [9.17, 15) is 4.79 Å². The Balaban J connectivity index is 1.93. The van der Waals surface area contributed by atoms with Gasteiger partial charge in [0.05, 0.1) is 24.9 Å². The summed E-state index contributed by atoms with van der Waals surface area (Å²) in [4.78, 5) is 14.0. The SMILES string of the molecule is COC(=O)c1ccc(-c2ccccc2N2CC(C)OC(C)C2)cc1. The predicted octanol–water partition coefficient (Wildman–Crippen LogP) is 3.75. The van der Waals surface area contributed by atoms with Crippen molar-refractivity contribution >= 4 is 11.7 Å². The van der Waals surface area contributed by atoms with E-state index in [1.807, 2.05) is 30.3 Å². The molecule has 2 atom stereocenters. The number of carbonyl (C=O) groups excluding carboxylic acids is 1. The number of rotatable bonds is 3. The van der Waals surface area contributed by atoms with Crippen LogP contribution in [0.15, 0.2) is 48.5 Å². The lowest BCUT2D eigenvalue weighted by molar-refractivity contribution is -0.00518. The maximum Gasteiger partial charge on any atom is 0.337 e. The molecule has 0 N–H and O–H groups in total. The average Bonchev–Trinajstić information content (AvgIpc) is 2.60. The first kappa shape index (κ1) is 16.5. The molecule has 2 aromatic rings. The highest BCUT2D eigenvalue weighted by atomic mass is 16.5. The van der Waals surface area contributed by atoms with Crippen LogP contribution in [0.5, 0.6) is 0 Å². The first-order valence-corrected chi connectivity index (χ1v) is 8.26. The Bertz CT molecular complexity index is 701. The second-order valence-corrected chi connectivity index (χ2v) is 6.25. The Morgan fingerprint density at radius 3 is 2.29 bits per heavy atom. The molecule has 1 heterocycles. The second-order valence-electron chi connectivity index (χ2n) is 6.25. The van der Waals surface area contributed by atoms with Gasteiger partial charge in [0.2, 0.25) is 0 Å². The first-order valence-electron chi connectivity index (χ1n) is 8.26. The molecule has 0 amide bonds.